The summed E-state index contributed by atoms with van der Waals surface area (Å²) in [7, 11) is 0. The number of anilines is 2. The second-order valence-electron chi connectivity index (χ2n) is 7.16. The van der Waals surface area contributed by atoms with Crippen molar-refractivity contribution in [3.8, 4) is 0 Å². The van der Waals surface area contributed by atoms with Gasteiger partial charge in [-0.25, -0.2) is 9.37 Å². The molecule has 1 aromatic heterocycles. The van der Waals surface area contributed by atoms with Crippen molar-refractivity contribution < 1.29 is 22.4 Å². The smallest absolute Gasteiger partial charge is 0.367 e. The van der Waals surface area contributed by atoms with E-state index in [4.69, 9.17) is 0 Å². The SMILES string of the molecule is CCNc1nc(NC2CCC(NC(=O)c3ccc(F)cc3)CC2)cc(C(F)(F)F)n1. The van der Waals surface area contributed by atoms with Gasteiger partial charge in [0, 0.05) is 30.3 Å². The van der Waals surface area contributed by atoms with E-state index in [0.29, 0.717) is 37.8 Å². The van der Waals surface area contributed by atoms with Crippen LogP contribution in [0.5, 0.6) is 0 Å². The van der Waals surface area contributed by atoms with Gasteiger partial charge in [0.15, 0.2) is 5.69 Å². The quantitative estimate of drug-likeness (QED) is 0.604. The van der Waals surface area contributed by atoms with Gasteiger partial charge in [0.05, 0.1) is 0 Å². The number of nitrogens with zero attached hydrogens (tertiary/aromatic N) is 2. The molecule has 0 bridgehead atoms. The van der Waals surface area contributed by atoms with E-state index in [9.17, 15) is 22.4 Å². The number of carbonyl (C=O) groups excluding carboxylic acids is 1. The summed E-state index contributed by atoms with van der Waals surface area (Å²) >= 11 is 0. The molecule has 0 saturated heterocycles. The fourth-order valence-electron chi connectivity index (χ4n) is 3.36. The maximum Gasteiger partial charge on any atom is 0.433 e. The first-order chi connectivity index (χ1) is 14.2. The third kappa shape index (κ3) is 5.80. The predicted molar refractivity (Wildman–Crippen MR) is 105 cm³/mol. The third-order valence-corrected chi connectivity index (χ3v) is 4.87. The number of nitrogens with one attached hydrogen (secondary N) is 3. The Bertz CT molecular complexity index is 864. The van der Waals surface area contributed by atoms with Gasteiger partial charge in [-0.2, -0.15) is 18.2 Å². The van der Waals surface area contributed by atoms with Crippen LogP contribution >= 0.6 is 0 Å². The molecule has 1 aliphatic rings. The first-order valence-corrected chi connectivity index (χ1v) is 9.77. The number of alkyl halides is 3. The molecule has 3 N–H and O–H groups in total. The minimum atomic E-state index is -4.56. The van der Waals surface area contributed by atoms with Crippen LogP contribution in [0.1, 0.15) is 48.7 Å². The molecule has 0 unspecified atom stereocenters. The van der Waals surface area contributed by atoms with Gasteiger partial charge < -0.3 is 16.0 Å². The van der Waals surface area contributed by atoms with Gasteiger partial charge in [-0.3, -0.25) is 4.79 Å². The van der Waals surface area contributed by atoms with Crippen LogP contribution in [0.4, 0.5) is 29.3 Å². The van der Waals surface area contributed by atoms with Crippen LogP contribution in [-0.2, 0) is 6.18 Å². The van der Waals surface area contributed by atoms with Gasteiger partial charge in [0.25, 0.3) is 5.91 Å². The zero-order valence-electron chi connectivity index (χ0n) is 16.4. The first-order valence-electron chi connectivity index (χ1n) is 9.77. The second-order valence-corrected chi connectivity index (χ2v) is 7.16. The van der Waals surface area contributed by atoms with E-state index in [2.05, 4.69) is 25.9 Å². The molecule has 6 nitrogen and oxygen atoms in total. The first kappa shape index (κ1) is 21.8. The monoisotopic (exact) mass is 425 g/mol. The van der Waals surface area contributed by atoms with Crippen molar-refractivity contribution in [1.29, 1.82) is 0 Å². The number of rotatable bonds is 6. The highest BCUT2D eigenvalue weighted by atomic mass is 19.4. The number of carbonyl (C=O) groups is 1. The van der Waals surface area contributed by atoms with E-state index in [1.165, 1.54) is 24.3 Å². The summed E-state index contributed by atoms with van der Waals surface area (Å²) < 4.78 is 52.3. The Kier molecular flexibility index (Phi) is 6.73. The van der Waals surface area contributed by atoms with Crippen molar-refractivity contribution in [2.75, 3.05) is 17.2 Å². The second kappa shape index (κ2) is 9.27. The van der Waals surface area contributed by atoms with Gasteiger partial charge in [0.1, 0.15) is 11.6 Å². The molecular formula is C20H23F4N5O. The summed E-state index contributed by atoms with van der Waals surface area (Å²) in [6.45, 7) is 2.15. The molecule has 1 aliphatic carbocycles. The molecule has 1 aromatic carbocycles. The van der Waals surface area contributed by atoms with Crippen molar-refractivity contribution in [3.05, 3.63) is 47.4 Å². The Hall–Kier alpha value is -2.91. The Morgan fingerprint density at radius 2 is 1.70 bits per heavy atom. The summed E-state index contributed by atoms with van der Waals surface area (Å²) in [5, 5.41) is 8.69. The molecule has 1 heterocycles. The summed E-state index contributed by atoms with van der Waals surface area (Å²) in [6, 6.07) is 6.11. The lowest BCUT2D eigenvalue weighted by Crippen LogP contribution is -2.40. The fourth-order valence-corrected chi connectivity index (χ4v) is 3.36. The molecule has 30 heavy (non-hydrogen) atoms. The minimum absolute atomic E-state index is 0.0472. The topological polar surface area (TPSA) is 78.9 Å². The summed E-state index contributed by atoms with van der Waals surface area (Å²) in [4.78, 5) is 19.9. The number of halogens is 4. The molecule has 162 valence electrons. The Morgan fingerprint density at radius 1 is 1.07 bits per heavy atom. The van der Waals surface area contributed by atoms with Crippen molar-refractivity contribution in [1.82, 2.24) is 15.3 Å². The Labute approximate surface area is 171 Å². The van der Waals surface area contributed by atoms with Crippen molar-refractivity contribution in [2.45, 2.75) is 50.9 Å². The molecule has 0 atom stereocenters. The Morgan fingerprint density at radius 3 is 2.30 bits per heavy atom. The summed E-state index contributed by atoms with van der Waals surface area (Å²) in [6.07, 6.45) is -1.90. The number of hydrogen-bond acceptors (Lipinski definition) is 5. The van der Waals surface area contributed by atoms with Gasteiger partial charge in [-0.1, -0.05) is 0 Å². The average molecular weight is 425 g/mol. The molecule has 0 spiro atoms. The summed E-state index contributed by atoms with van der Waals surface area (Å²) in [5.74, 6) is -0.636. The number of hydrogen-bond donors (Lipinski definition) is 3. The van der Waals surface area contributed by atoms with Crippen LogP contribution in [0.15, 0.2) is 30.3 Å². The van der Waals surface area contributed by atoms with E-state index in [1.807, 2.05) is 0 Å². The van der Waals surface area contributed by atoms with Crippen LogP contribution in [0, 0.1) is 5.82 Å². The largest absolute Gasteiger partial charge is 0.433 e. The van der Waals surface area contributed by atoms with E-state index >= 15 is 0 Å². The Balaban J connectivity index is 1.57. The summed E-state index contributed by atoms with van der Waals surface area (Å²) in [5.41, 5.74) is -0.621. The molecule has 0 radical (unpaired) electrons. The van der Waals surface area contributed by atoms with Crippen molar-refractivity contribution >= 4 is 17.7 Å². The minimum Gasteiger partial charge on any atom is -0.367 e. The molecule has 1 saturated carbocycles. The molecular weight excluding hydrogens is 402 g/mol. The predicted octanol–water partition coefficient (Wildman–Crippen LogP) is 4.22. The van der Waals surface area contributed by atoms with Crippen LogP contribution in [0.2, 0.25) is 0 Å². The molecule has 0 aliphatic heterocycles. The fraction of sp³-hybridized carbons (Fsp3) is 0.450. The molecule has 2 aromatic rings. The van der Waals surface area contributed by atoms with Crippen molar-refractivity contribution in [3.63, 3.8) is 0 Å². The standard InChI is InChI=1S/C20H23F4N5O/c1-2-25-19-28-16(20(22,23)24)11-17(29-19)26-14-7-9-15(10-8-14)27-18(30)12-3-5-13(21)6-4-12/h3-6,11,14-15H,2,7-10H2,1H3,(H,27,30)(H2,25,26,28,29). The van der Waals surface area contributed by atoms with Crippen LogP contribution in [0.25, 0.3) is 0 Å². The molecule has 1 amide bonds. The highest BCUT2D eigenvalue weighted by molar-refractivity contribution is 5.94. The van der Waals surface area contributed by atoms with Crippen LogP contribution < -0.4 is 16.0 Å². The van der Waals surface area contributed by atoms with E-state index in [0.717, 1.165) is 6.07 Å². The number of aromatic nitrogens is 2. The van der Waals surface area contributed by atoms with Crippen LogP contribution in [0.3, 0.4) is 0 Å². The lowest BCUT2D eigenvalue weighted by molar-refractivity contribution is -0.141. The number of benzene rings is 1. The number of amides is 1. The van der Waals surface area contributed by atoms with E-state index < -0.39 is 17.7 Å². The third-order valence-electron chi connectivity index (χ3n) is 4.87. The van der Waals surface area contributed by atoms with Crippen LogP contribution in [-0.4, -0.2) is 34.5 Å². The normalized spacial score (nSPS) is 19.2. The maximum atomic E-state index is 13.1. The lowest BCUT2D eigenvalue weighted by Gasteiger charge is -2.30. The van der Waals surface area contributed by atoms with Gasteiger partial charge in [-0.05, 0) is 56.9 Å². The van der Waals surface area contributed by atoms with Crippen molar-refractivity contribution in [2.24, 2.45) is 0 Å². The zero-order valence-corrected chi connectivity index (χ0v) is 16.4. The van der Waals surface area contributed by atoms with Gasteiger partial charge in [0.2, 0.25) is 5.95 Å². The van der Waals surface area contributed by atoms with Gasteiger partial charge >= 0.3 is 6.18 Å². The molecule has 10 heteroatoms. The highest BCUT2D eigenvalue weighted by Crippen LogP contribution is 2.30. The van der Waals surface area contributed by atoms with E-state index in [1.54, 1.807) is 6.92 Å². The molecule has 1 fully saturated rings. The van der Waals surface area contributed by atoms with Gasteiger partial charge in [-0.15, -0.1) is 0 Å². The zero-order chi connectivity index (χ0) is 21.7. The lowest BCUT2D eigenvalue weighted by atomic mass is 9.91. The highest BCUT2D eigenvalue weighted by Gasteiger charge is 2.34. The molecule has 3 rings (SSSR count). The average Bonchev–Trinajstić information content (AvgIpc) is 2.69. The maximum absolute atomic E-state index is 13.1. The van der Waals surface area contributed by atoms with E-state index in [-0.39, 0.29) is 29.8 Å².